The molecule has 18 heavy (non-hydrogen) atoms. The molecule has 0 radical (unpaired) electrons. The lowest BCUT2D eigenvalue weighted by Gasteiger charge is -2.43. The van der Waals surface area contributed by atoms with Gasteiger partial charge >= 0.3 is 0 Å². The van der Waals surface area contributed by atoms with Crippen molar-refractivity contribution in [3.05, 3.63) is 29.3 Å². The predicted octanol–water partition coefficient (Wildman–Crippen LogP) is 3.91. The van der Waals surface area contributed by atoms with Crippen molar-refractivity contribution in [1.29, 1.82) is 0 Å². The number of halogens is 1. The van der Waals surface area contributed by atoms with Crippen LogP contribution in [0.15, 0.2) is 24.3 Å². The molecule has 1 saturated carbocycles. The number of benzene rings is 1. The number of hydrogen-bond donors (Lipinski definition) is 2. The molecule has 3 heteroatoms. The Bertz CT molecular complexity index is 378. The molecule has 0 amide bonds. The van der Waals surface area contributed by atoms with Crippen LogP contribution >= 0.6 is 11.6 Å². The molecule has 0 aliphatic heterocycles. The van der Waals surface area contributed by atoms with Gasteiger partial charge in [0.1, 0.15) is 0 Å². The average molecular weight is 267 g/mol. The minimum absolute atomic E-state index is 0.0465. The molecular formula is C15H23ClN2. The lowest BCUT2D eigenvalue weighted by molar-refractivity contribution is 0.205. The lowest BCUT2D eigenvalue weighted by atomic mass is 9.71. The van der Waals surface area contributed by atoms with Gasteiger partial charge in [-0.05, 0) is 55.4 Å². The van der Waals surface area contributed by atoms with E-state index >= 15 is 0 Å². The van der Waals surface area contributed by atoms with Crippen LogP contribution in [0.25, 0.3) is 0 Å². The number of rotatable bonds is 3. The van der Waals surface area contributed by atoms with E-state index in [1.165, 1.54) is 6.42 Å². The van der Waals surface area contributed by atoms with Gasteiger partial charge in [-0.1, -0.05) is 25.4 Å². The van der Waals surface area contributed by atoms with E-state index in [1.54, 1.807) is 0 Å². The van der Waals surface area contributed by atoms with Gasteiger partial charge in [-0.25, -0.2) is 0 Å². The largest absolute Gasteiger partial charge is 0.378 e. The standard InChI is InChI=1S/C15H23ClN2/c1-11-7-12(2)9-15(8-11,10-17)18-14-5-3-13(16)4-6-14/h3-6,11-12,18H,7-10,17H2,1-2H3. The predicted molar refractivity (Wildman–Crippen MR) is 79.0 cm³/mol. The fourth-order valence-corrected chi connectivity index (χ4v) is 3.56. The summed E-state index contributed by atoms with van der Waals surface area (Å²) in [4.78, 5) is 0. The van der Waals surface area contributed by atoms with Crippen molar-refractivity contribution in [2.75, 3.05) is 11.9 Å². The number of anilines is 1. The fourth-order valence-electron chi connectivity index (χ4n) is 3.43. The number of hydrogen-bond acceptors (Lipinski definition) is 2. The Labute approximate surface area is 115 Å². The maximum absolute atomic E-state index is 6.05. The van der Waals surface area contributed by atoms with Crippen molar-refractivity contribution < 1.29 is 0 Å². The Morgan fingerprint density at radius 3 is 2.28 bits per heavy atom. The van der Waals surface area contributed by atoms with Crippen molar-refractivity contribution in [1.82, 2.24) is 0 Å². The molecule has 0 heterocycles. The number of nitrogens with two attached hydrogens (primary N) is 1. The van der Waals surface area contributed by atoms with Gasteiger partial charge in [0.15, 0.2) is 0 Å². The van der Waals surface area contributed by atoms with E-state index in [2.05, 4.69) is 19.2 Å². The minimum atomic E-state index is 0.0465. The van der Waals surface area contributed by atoms with Crippen LogP contribution in [0.2, 0.25) is 5.02 Å². The molecule has 2 unspecified atom stereocenters. The van der Waals surface area contributed by atoms with Crippen LogP contribution in [0.4, 0.5) is 5.69 Å². The van der Waals surface area contributed by atoms with Crippen LogP contribution in [0.3, 0.4) is 0 Å². The van der Waals surface area contributed by atoms with Crippen molar-refractivity contribution >= 4 is 17.3 Å². The maximum atomic E-state index is 6.05. The summed E-state index contributed by atoms with van der Waals surface area (Å²) in [5.41, 5.74) is 7.22. The molecule has 1 fully saturated rings. The highest BCUT2D eigenvalue weighted by Gasteiger charge is 2.36. The third-order valence-electron chi connectivity index (χ3n) is 3.93. The summed E-state index contributed by atoms with van der Waals surface area (Å²) >= 11 is 5.92. The first-order valence-electron chi connectivity index (χ1n) is 6.77. The van der Waals surface area contributed by atoms with Crippen LogP contribution in [-0.4, -0.2) is 12.1 Å². The van der Waals surface area contributed by atoms with Gasteiger partial charge in [0.05, 0.1) is 5.54 Å². The van der Waals surface area contributed by atoms with Gasteiger partial charge in [0, 0.05) is 17.3 Å². The van der Waals surface area contributed by atoms with E-state index in [0.29, 0.717) is 6.54 Å². The zero-order valence-corrected chi connectivity index (χ0v) is 12.0. The maximum Gasteiger partial charge on any atom is 0.0500 e. The Balaban J connectivity index is 2.14. The van der Waals surface area contributed by atoms with Crippen LogP contribution in [-0.2, 0) is 0 Å². The van der Waals surface area contributed by atoms with Gasteiger partial charge in [-0.2, -0.15) is 0 Å². The molecule has 0 saturated heterocycles. The van der Waals surface area contributed by atoms with Crippen LogP contribution < -0.4 is 11.1 Å². The number of nitrogens with one attached hydrogen (secondary N) is 1. The Morgan fingerprint density at radius 2 is 1.78 bits per heavy atom. The monoisotopic (exact) mass is 266 g/mol. The van der Waals surface area contributed by atoms with E-state index < -0.39 is 0 Å². The average Bonchev–Trinajstić information content (AvgIpc) is 2.31. The lowest BCUT2D eigenvalue weighted by Crippen LogP contribution is -2.50. The Kier molecular flexibility index (Phi) is 4.18. The molecule has 2 atom stereocenters. The highest BCUT2D eigenvalue weighted by Crippen LogP contribution is 2.37. The second-order valence-corrected chi connectivity index (χ2v) is 6.41. The first-order chi connectivity index (χ1) is 8.53. The van der Waals surface area contributed by atoms with E-state index in [0.717, 1.165) is 35.4 Å². The third-order valence-corrected chi connectivity index (χ3v) is 4.18. The smallest absolute Gasteiger partial charge is 0.0500 e. The summed E-state index contributed by atoms with van der Waals surface area (Å²) in [5, 5.41) is 4.42. The Hall–Kier alpha value is -0.730. The molecule has 2 rings (SSSR count). The summed E-state index contributed by atoms with van der Waals surface area (Å²) in [6, 6.07) is 7.90. The van der Waals surface area contributed by atoms with Gasteiger partial charge < -0.3 is 11.1 Å². The van der Waals surface area contributed by atoms with Crippen molar-refractivity contribution in [3.63, 3.8) is 0 Å². The van der Waals surface area contributed by atoms with Gasteiger partial charge in [-0.3, -0.25) is 0 Å². The van der Waals surface area contributed by atoms with Gasteiger partial charge in [0.25, 0.3) is 0 Å². The van der Waals surface area contributed by atoms with Gasteiger partial charge in [0.2, 0.25) is 0 Å². The summed E-state index contributed by atoms with van der Waals surface area (Å²) in [6.45, 7) is 5.33. The van der Waals surface area contributed by atoms with E-state index in [1.807, 2.05) is 24.3 Å². The molecule has 0 bridgehead atoms. The molecule has 3 N–H and O–H groups in total. The van der Waals surface area contributed by atoms with Crippen LogP contribution in [0.5, 0.6) is 0 Å². The van der Waals surface area contributed by atoms with E-state index in [9.17, 15) is 0 Å². The zero-order chi connectivity index (χ0) is 13.2. The summed E-state index contributed by atoms with van der Waals surface area (Å²) in [7, 11) is 0. The van der Waals surface area contributed by atoms with E-state index in [-0.39, 0.29) is 5.54 Å². The van der Waals surface area contributed by atoms with Gasteiger partial charge in [-0.15, -0.1) is 0 Å². The normalized spacial score (nSPS) is 32.2. The van der Waals surface area contributed by atoms with Crippen molar-refractivity contribution in [3.8, 4) is 0 Å². The zero-order valence-electron chi connectivity index (χ0n) is 11.2. The summed E-state index contributed by atoms with van der Waals surface area (Å²) < 4.78 is 0. The highest BCUT2D eigenvalue weighted by molar-refractivity contribution is 6.30. The molecule has 1 aliphatic carbocycles. The second kappa shape index (κ2) is 5.50. The SMILES string of the molecule is CC1CC(C)CC(CN)(Nc2ccc(Cl)cc2)C1. The second-order valence-electron chi connectivity index (χ2n) is 5.97. The first-order valence-corrected chi connectivity index (χ1v) is 7.14. The topological polar surface area (TPSA) is 38.0 Å². The van der Waals surface area contributed by atoms with Crippen LogP contribution in [0, 0.1) is 11.8 Å². The molecular weight excluding hydrogens is 244 g/mol. The quantitative estimate of drug-likeness (QED) is 0.871. The van der Waals surface area contributed by atoms with Crippen molar-refractivity contribution in [2.24, 2.45) is 17.6 Å². The minimum Gasteiger partial charge on any atom is -0.378 e. The van der Waals surface area contributed by atoms with E-state index in [4.69, 9.17) is 17.3 Å². The summed E-state index contributed by atoms with van der Waals surface area (Å²) in [5.74, 6) is 1.47. The molecule has 0 aromatic heterocycles. The first kappa shape index (κ1) is 13.7. The third kappa shape index (κ3) is 3.18. The highest BCUT2D eigenvalue weighted by atomic mass is 35.5. The molecule has 1 aromatic rings. The molecule has 0 spiro atoms. The fraction of sp³-hybridized carbons (Fsp3) is 0.600. The molecule has 1 aliphatic rings. The van der Waals surface area contributed by atoms with Crippen LogP contribution in [0.1, 0.15) is 33.1 Å². The van der Waals surface area contributed by atoms with Crippen molar-refractivity contribution in [2.45, 2.75) is 38.6 Å². The molecule has 2 nitrogen and oxygen atoms in total. The summed E-state index contributed by atoms with van der Waals surface area (Å²) in [6.07, 6.45) is 3.61. The molecule has 100 valence electrons. The Morgan fingerprint density at radius 1 is 1.22 bits per heavy atom. The molecule has 1 aromatic carbocycles.